The van der Waals surface area contributed by atoms with Gasteiger partial charge < -0.3 is 0 Å². The maximum absolute atomic E-state index is 2.47. The molecule has 1 aliphatic carbocycles. The zero-order valence-corrected chi connectivity index (χ0v) is 11.1. The first-order chi connectivity index (χ1) is 7.52. The summed E-state index contributed by atoms with van der Waals surface area (Å²) in [5.74, 6) is 0. The lowest BCUT2D eigenvalue weighted by Crippen LogP contribution is -2.35. The van der Waals surface area contributed by atoms with Crippen LogP contribution in [0.2, 0.25) is 0 Å². The molecule has 0 aromatic heterocycles. The maximum atomic E-state index is 2.47. The molecule has 0 heteroatoms. The van der Waals surface area contributed by atoms with E-state index in [2.05, 4.69) is 52.0 Å². The molecule has 0 radical (unpaired) electrons. The summed E-state index contributed by atoms with van der Waals surface area (Å²) in [4.78, 5) is 0. The van der Waals surface area contributed by atoms with Gasteiger partial charge in [0.1, 0.15) is 0 Å². The third-order valence-electron chi connectivity index (χ3n) is 5.21. The molecule has 0 spiro atoms. The maximum Gasteiger partial charge on any atom is -0.00216 e. The molecule has 0 aliphatic heterocycles. The standard InChI is InChI=1S/C16H24/c1-5-15(3)11-6-12-16(15,4)14-9-7-13(2)8-10-14/h7-10H,5-6,11-12H2,1-4H3. The first kappa shape index (κ1) is 11.7. The molecule has 1 aromatic carbocycles. The monoisotopic (exact) mass is 216 g/mol. The molecule has 0 heterocycles. The van der Waals surface area contributed by atoms with E-state index in [-0.39, 0.29) is 0 Å². The Balaban J connectivity index is 2.41. The van der Waals surface area contributed by atoms with Gasteiger partial charge in [-0.3, -0.25) is 0 Å². The van der Waals surface area contributed by atoms with Gasteiger partial charge in [0.2, 0.25) is 0 Å². The van der Waals surface area contributed by atoms with Gasteiger partial charge in [-0.2, -0.15) is 0 Å². The van der Waals surface area contributed by atoms with E-state index in [4.69, 9.17) is 0 Å². The van der Waals surface area contributed by atoms with Crippen molar-refractivity contribution < 1.29 is 0 Å². The topological polar surface area (TPSA) is 0 Å². The van der Waals surface area contributed by atoms with Gasteiger partial charge >= 0.3 is 0 Å². The van der Waals surface area contributed by atoms with Crippen LogP contribution >= 0.6 is 0 Å². The number of hydrogen-bond donors (Lipinski definition) is 0. The third kappa shape index (κ3) is 1.59. The van der Waals surface area contributed by atoms with Gasteiger partial charge in [0.25, 0.3) is 0 Å². The molecule has 16 heavy (non-hydrogen) atoms. The quantitative estimate of drug-likeness (QED) is 0.662. The van der Waals surface area contributed by atoms with Crippen LogP contribution in [0, 0.1) is 12.3 Å². The van der Waals surface area contributed by atoms with Gasteiger partial charge in [-0.25, -0.2) is 0 Å². The van der Waals surface area contributed by atoms with Crippen molar-refractivity contribution in [2.24, 2.45) is 5.41 Å². The lowest BCUT2D eigenvalue weighted by Gasteiger charge is -2.41. The zero-order valence-electron chi connectivity index (χ0n) is 11.1. The van der Waals surface area contributed by atoms with E-state index in [1.54, 1.807) is 5.56 Å². The average Bonchev–Trinajstić information content (AvgIpc) is 2.58. The lowest BCUT2D eigenvalue weighted by atomic mass is 9.63. The second kappa shape index (κ2) is 3.91. The number of hydrogen-bond acceptors (Lipinski definition) is 0. The summed E-state index contributed by atoms with van der Waals surface area (Å²) in [5.41, 5.74) is 3.78. The van der Waals surface area contributed by atoms with Crippen LogP contribution in [0.1, 0.15) is 57.6 Å². The molecule has 0 nitrogen and oxygen atoms in total. The van der Waals surface area contributed by atoms with Crippen LogP contribution in [0.3, 0.4) is 0 Å². The van der Waals surface area contributed by atoms with Crippen LogP contribution in [0.5, 0.6) is 0 Å². The summed E-state index contributed by atoms with van der Waals surface area (Å²) in [6.07, 6.45) is 5.40. The summed E-state index contributed by atoms with van der Waals surface area (Å²) in [5, 5.41) is 0. The third-order valence-corrected chi connectivity index (χ3v) is 5.21. The van der Waals surface area contributed by atoms with Crippen molar-refractivity contribution in [2.45, 2.75) is 58.8 Å². The Morgan fingerprint density at radius 2 is 1.69 bits per heavy atom. The summed E-state index contributed by atoms with van der Waals surface area (Å²) < 4.78 is 0. The van der Waals surface area contributed by atoms with E-state index < -0.39 is 0 Å². The minimum absolute atomic E-state index is 0.384. The average molecular weight is 216 g/mol. The van der Waals surface area contributed by atoms with Crippen molar-refractivity contribution in [3.8, 4) is 0 Å². The highest BCUT2D eigenvalue weighted by Crippen LogP contribution is 2.55. The smallest absolute Gasteiger partial charge is 0.00216 e. The summed E-state index contributed by atoms with van der Waals surface area (Å²) >= 11 is 0. The summed E-state index contributed by atoms with van der Waals surface area (Å²) in [7, 11) is 0. The highest BCUT2D eigenvalue weighted by atomic mass is 14.5. The normalized spacial score (nSPS) is 34.2. The molecule has 2 unspecified atom stereocenters. The Hall–Kier alpha value is -0.780. The molecule has 1 aliphatic rings. The van der Waals surface area contributed by atoms with Crippen LogP contribution in [0.4, 0.5) is 0 Å². The highest BCUT2D eigenvalue weighted by Gasteiger charge is 2.47. The molecule has 88 valence electrons. The predicted octanol–water partition coefficient (Wildman–Crippen LogP) is 4.85. The molecule has 2 rings (SSSR count). The molecule has 0 bridgehead atoms. The van der Waals surface area contributed by atoms with Gasteiger partial charge in [0, 0.05) is 0 Å². The molecular weight excluding hydrogens is 192 g/mol. The van der Waals surface area contributed by atoms with E-state index in [0.717, 1.165) is 0 Å². The van der Waals surface area contributed by atoms with E-state index in [1.807, 2.05) is 0 Å². The van der Waals surface area contributed by atoms with Crippen molar-refractivity contribution in [1.29, 1.82) is 0 Å². The SMILES string of the molecule is CCC1(C)CCCC1(C)c1ccc(C)cc1. The fourth-order valence-corrected chi connectivity index (χ4v) is 3.39. The zero-order chi connectivity index (χ0) is 11.8. The van der Waals surface area contributed by atoms with Gasteiger partial charge in [-0.1, -0.05) is 57.0 Å². The second-order valence-electron chi connectivity index (χ2n) is 5.97. The van der Waals surface area contributed by atoms with Gasteiger partial charge in [-0.05, 0) is 42.6 Å². The number of rotatable bonds is 2. The Morgan fingerprint density at radius 3 is 2.25 bits per heavy atom. The van der Waals surface area contributed by atoms with Crippen LogP contribution in [-0.4, -0.2) is 0 Å². The highest BCUT2D eigenvalue weighted by molar-refractivity contribution is 5.31. The van der Waals surface area contributed by atoms with Gasteiger partial charge in [0.15, 0.2) is 0 Å². The van der Waals surface area contributed by atoms with Crippen molar-refractivity contribution >= 4 is 0 Å². The Kier molecular flexibility index (Phi) is 2.86. The second-order valence-corrected chi connectivity index (χ2v) is 5.97. The molecule has 0 amide bonds. The molecule has 1 fully saturated rings. The van der Waals surface area contributed by atoms with Crippen molar-refractivity contribution in [1.82, 2.24) is 0 Å². The van der Waals surface area contributed by atoms with Crippen LogP contribution in [0.15, 0.2) is 24.3 Å². The predicted molar refractivity (Wildman–Crippen MR) is 70.8 cm³/mol. The van der Waals surface area contributed by atoms with Gasteiger partial charge in [0.05, 0.1) is 0 Å². The van der Waals surface area contributed by atoms with E-state index in [1.165, 1.54) is 31.2 Å². The number of benzene rings is 1. The summed E-state index contributed by atoms with van der Waals surface area (Å²) in [6.45, 7) is 9.45. The lowest BCUT2D eigenvalue weighted by molar-refractivity contribution is 0.188. The fourth-order valence-electron chi connectivity index (χ4n) is 3.39. The minimum Gasteiger partial charge on any atom is -0.0648 e. The van der Waals surface area contributed by atoms with Gasteiger partial charge in [-0.15, -0.1) is 0 Å². The largest absolute Gasteiger partial charge is 0.0648 e. The van der Waals surface area contributed by atoms with Crippen LogP contribution in [-0.2, 0) is 5.41 Å². The van der Waals surface area contributed by atoms with E-state index in [9.17, 15) is 0 Å². The van der Waals surface area contributed by atoms with Crippen LogP contribution in [0.25, 0.3) is 0 Å². The Morgan fingerprint density at radius 1 is 1.06 bits per heavy atom. The number of aryl methyl sites for hydroxylation is 1. The fraction of sp³-hybridized carbons (Fsp3) is 0.625. The van der Waals surface area contributed by atoms with Crippen molar-refractivity contribution in [3.05, 3.63) is 35.4 Å². The minimum atomic E-state index is 0.384. The molecule has 0 saturated heterocycles. The first-order valence-electron chi connectivity index (χ1n) is 6.59. The molecule has 1 saturated carbocycles. The van der Waals surface area contributed by atoms with Crippen molar-refractivity contribution in [2.75, 3.05) is 0 Å². The molecule has 0 N–H and O–H groups in total. The van der Waals surface area contributed by atoms with E-state index in [0.29, 0.717) is 10.8 Å². The Bertz CT molecular complexity index is 362. The molecule has 2 atom stereocenters. The molecule has 1 aromatic rings. The first-order valence-corrected chi connectivity index (χ1v) is 6.59. The Labute approximate surface area is 100 Å². The molecular formula is C16H24. The van der Waals surface area contributed by atoms with E-state index >= 15 is 0 Å². The van der Waals surface area contributed by atoms with Crippen molar-refractivity contribution in [3.63, 3.8) is 0 Å². The van der Waals surface area contributed by atoms with Crippen LogP contribution < -0.4 is 0 Å². The summed E-state index contributed by atoms with van der Waals surface area (Å²) in [6, 6.07) is 9.20.